The third-order valence-electron chi connectivity index (χ3n) is 3.51. The van der Waals surface area contributed by atoms with Gasteiger partial charge in [-0.2, -0.15) is 0 Å². The summed E-state index contributed by atoms with van der Waals surface area (Å²) in [5, 5.41) is 0.343. The molecule has 0 fully saturated rings. The van der Waals surface area contributed by atoms with Crippen molar-refractivity contribution in [2.75, 3.05) is 27.4 Å². The molecule has 0 saturated heterocycles. The van der Waals surface area contributed by atoms with E-state index in [1.165, 1.54) is 26.4 Å². The molecule has 0 spiro atoms. The van der Waals surface area contributed by atoms with Crippen LogP contribution < -0.4 is 25.1 Å². The number of hydrogen-bond donors (Lipinski definition) is 2. The predicted molar refractivity (Wildman–Crippen MR) is 103 cm³/mol. The van der Waals surface area contributed by atoms with E-state index in [1.54, 1.807) is 30.3 Å². The van der Waals surface area contributed by atoms with Crippen LogP contribution in [0.5, 0.6) is 17.2 Å². The van der Waals surface area contributed by atoms with E-state index in [0.29, 0.717) is 22.3 Å². The molecular weight excluding hydrogens is 404 g/mol. The molecule has 0 heterocycles. The molecule has 2 N–H and O–H groups in total. The summed E-state index contributed by atoms with van der Waals surface area (Å²) in [6.45, 7) is -1.02. The van der Waals surface area contributed by atoms with Crippen LogP contribution in [-0.2, 0) is 14.3 Å². The zero-order valence-electron chi connectivity index (χ0n) is 15.7. The smallest absolute Gasteiger partial charge is 0.344 e. The molecule has 0 radical (unpaired) electrons. The zero-order valence-corrected chi connectivity index (χ0v) is 16.4. The fourth-order valence-corrected chi connectivity index (χ4v) is 2.29. The molecule has 0 unspecified atom stereocenters. The van der Waals surface area contributed by atoms with Gasteiger partial charge in [-0.3, -0.25) is 20.4 Å². The Morgan fingerprint density at radius 1 is 0.897 bits per heavy atom. The topological polar surface area (TPSA) is 112 Å². The number of para-hydroxylation sites is 1. The van der Waals surface area contributed by atoms with E-state index in [4.69, 9.17) is 30.5 Å². The summed E-state index contributed by atoms with van der Waals surface area (Å²) in [4.78, 5) is 35.4. The van der Waals surface area contributed by atoms with E-state index < -0.39 is 31.0 Å². The van der Waals surface area contributed by atoms with E-state index in [1.807, 2.05) is 0 Å². The van der Waals surface area contributed by atoms with Gasteiger partial charge in [0, 0.05) is 5.56 Å². The van der Waals surface area contributed by atoms with E-state index in [2.05, 4.69) is 10.9 Å². The lowest BCUT2D eigenvalue weighted by molar-refractivity contribution is -0.150. The van der Waals surface area contributed by atoms with Crippen LogP contribution in [0.2, 0.25) is 5.02 Å². The molecule has 2 amide bonds. The van der Waals surface area contributed by atoms with Crippen LogP contribution in [0, 0.1) is 0 Å². The minimum atomic E-state index is -0.772. The first-order chi connectivity index (χ1) is 13.9. The van der Waals surface area contributed by atoms with Gasteiger partial charge < -0.3 is 18.9 Å². The summed E-state index contributed by atoms with van der Waals surface area (Å²) >= 11 is 5.90. The van der Waals surface area contributed by atoms with Gasteiger partial charge in [-0.25, -0.2) is 4.79 Å². The molecule has 0 atom stereocenters. The van der Waals surface area contributed by atoms with Crippen molar-refractivity contribution in [2.45, 2.75) is 0 Å². The number of esters is 1. The van der Waals surface area contributed by atoms with Crippen molar-refractivity contribution in [3.63, 3.8) is 0 Å². The summed E-state index contributed by atoms with van der Waals surface area (Å²) in [6.07, 6.45) is 0. The van der Waals surface area contributed by atoms with E-state index in [9.17, 15) is 14.4 Å². The molecule has 0 aliphatic rings. The molecule has 2 aromatic carbocycles. The molecule has 0 bridgehead atoms. The number of ether oxygens (including phenoxy) is 4. The maximum Gasteiger partial charge on any atom is 0.344 e. The van der Waals surface area contributed by atoms with Gasteiger partial charge in [0.15, 0.2) is 24.7 Å². The minimum absolute atomic E-state index is 0.230. The van der Waals surface area contributed by atoms with Gasteiger partial charge in [0.05, 0.1) is 19.2 Å². The largest absolute Gasteiger partial charge is 0.493 e. The fraction of sp³-hybridized carbons (Fsp3) is 0.211. The lowest BCUT2D eigenvalue weighted by Gasteiger charge is -2.11. The predicted octanol–water partition coefficient (Wildman–Crippen LogP) is 1.74. The van der Waals surface area contributed by atoms with Crippen molar-refractivity contribution in [3.05, 3.63) is 53.1 Å². The quantitative estimate of drug-likeness (QED) is 0.492. The Labute approximate surface area is 171 Å². The summed E-state index contributed by atoms with van der Waals surface area (Å²) in [5.74, 6) is -0.959. The second-order valence-electron chi connectivity index (χ2n) is 5.45. The average Bonchev–Trinajstić information content (AvgIpc) is 2.74. The van der Waals surface area contributed by atoms with Crippen molar-refractivity contribution in [2.24, 2.45) is 0 Å². The Kier molecular flexibility index (Phi) is 8.11. The van der Waals surface area contributed by atoms with Gasteiger partial charge in [-0.1, -0.05) is 23.7 Å². The highest BCUT2D eigenvalue weighted by atomic mass is 35.5. The van der Waals surface area contributed by atoms with Crippen LogP contribution in [0.15, 0.2) is 42.5 Å². The first-order valence-electron chi connectivity index (χ1n) is 8.28. The van der Waals surface area contributed by atoms with E-state index >= 15 is 0 Å². The number of rotatable bonds is 8. The maximum atomic E-state index is 12.1. The maximum absolute atomic E-state index is 12.1. The number of nitrogens with one attached hydrogen (secondary N) is 2. The molecule has 29 heavy (non-hydrogen) atoms. The first kappa shape index (κ1) is 21.8. The number of carbonyl (C=O) groups excluding carboxylic acids is 3. The summed E-state index contributed by atoms with van der Waals surface area (Å²) < 4.78 is 20.2. The van der Waals surface area contributed by atoms with Gasteiger partial charge in [0.2, 0.25) is 0 Å². The van der Waals surface area contributed by atoms with Gasteiger partial charge in [-0.15, -0.1) is 0 Å². The second-order valence-corrected chi connectivity index (χ2v) is 5.86. The van der Waals surface area contributed by atoms with Crippen molar-refractivity contribution in [1.82, 2.24) is 10.9 Å². The Hall–Kier alpha value is -3.46. The normalized spacial score (nSPS) is 9.90. The Morgan fingerprint density at radius 3 is 2.31 bits per heavy atom. The molecule has 154 valence electrons. The number of benzene rings is 2. The van der Waals surface area contributed by atoms with Crippen LogP contribution in [-0.4, -0.2) is 45.2 Å². The van der Waals surface area contributed by atoms with Crippen LogP contribution in [0.25, 0.3) is 0 Å². The Balaban J connectivity index is 1.74. The van der Waals surface area contributed by atoms with Gasteiger partial charge in [0.1, 0.15) is 5.75 Å². The summed E-state index contributed by atoms with van der Waals surface area (Å²) in [7, 11) is 2.91. The first-order valence-corrected chi connectivity index (χ1v) is 8.66. The summed E-state index contributed by atoms with van der Waals surface area (Å²) in [6, 6.07) is 11.1. The Bertz CT molecular complexity index is 889. The highest BCUT2D eigenvalue weighted by Gasteiger charge is 2.13. The fourth-order valence-electron chi connectivity index (χ4n) is 2.10. The number of halogens is 1. The van der Waals surface area contributed by atoms with Gasteiger partial charge >= 0.3 is 5.97 Å². The number of hydrogen-bond acceptors (Lipinski definition) is 7. The van der Waals surface area contributed by atoms with Crippen molar-refractivity contribution >= 4 is 29.4 Å². The number of carbonyl (C=O) groups is 3. The molecule has 10 heteroatoms. The lowest BCUT2D eigenvalue weighted by Crippen LogP contribution is -2.43. The Morgan fingerprint density at radius 2 is 1.62 bits per heavy atom. The lowest BCUT2D eigenvalue weighted by atomic mass is 10.2. The van der Waals surface area contributed by atoms with Crippen molar-refractivity contribution < 1.29 is 33.3 Å². The van der Waals surface area contributed by atoms with Crippen molar-refractivity contribution in [1.29, 1.82) is 0 Å². The third kappa shape index (κ3) is 6.58. The van der Waals surface area contributed by atoms with Crippen molar-refractivity contribution in [3.8, 4) is 17.2 Å². The van der Waals surface area contributed by atoms with Crippen LogP contribution in [0.4, 0.5) is 0 Å². The number of amides is 2. The number of hydrazine groups is 1. The zero-order chi connectivity index (χ0) is 21.2. The van der Waals surface area contributed by atoms with Gasteiger partial charge in [-0.05, 0) is 30.3 Å². The van der Waals surface area contributed by atoms with Crippen LogP contribution >= 0.6 is 11.6 Å². The van der Waals surface area contributed by atoms with Gasteiger partial charge in [0.25, 0.3) is 11.8 Å². The molecule has 2 rings (SSSR count). The number of methoxy groups -OCH3 is 2. The molecule has 9 nitrogen and oxygen atoms in total. The summed E-state index contributed by atoms with van der Waals surface area (Å²) in [5.41, 5.74) is 4.57. The average molecular weight is 423 g/mol. The third-order valence-corrected chi connectivity index (χ3v) is 3.82. The minimum Gasteiger partial charge on any atom is -0.493 e. The van der Waals surface area contributed by atoms with E-state index in [0.717, 1.165) is 0 Å². The molecule has 0 aliphatic carbocycles. The van der Waals surface area contributed by atoms with Crippen LogP contribution in [0.1, 0.15) is 10.4 Å². The molecule has 0 saturated carbocycles. The highest BCUT2D eigenvalue weighted by Crippen LogP contribution is 2.27. The molecule has 0 aromatic heterocycles. The monoisotopic (exact) mass is 422 g/mol. The molecule has 0 aliphatic heterocycles. The van der Waals surface area contributed by atoms with Crippen LogP contribution in [0.3, 0.4) is 0 Å². The highest BCUT2D eigenvalue weighted by molar-refractivity contribution is 6.32. The molecular formula is C19H19ClN2O7. The SMILES string of the molecule is COc1ccc(C(=O)NNC(=O)COC(=O)COc2ccccc2Cl)cc1OC. The molecule has 2 aromatic rings. The van der Waals surface area contributed by atoms with E-state index in [-0.39, 0.29) is 5.56 Å². The standard InChI is InChI=1S/C19H19ClN2O7/c1-26-15-8-7-12(9-16(15)27-2)19(25)22-21-17(23)10-29-18(24)11-28-14-6-4-3-5-13(14)20/h3-9H,10-11H2,1-2H3,(H,21,23)(H,22,25). The second kappa shape index (κ2) is 10.8.